The number of aromatic nitrogens is 3. The van der Waals surface area contributed by atoms with Crippen LogP contribution in [-0.4, -0.2) is 40.5 Å². The van der Waals surface area contributed by atoms with Gasteiger partial charge in [0.15, 0.2) is 5.69 Å². The van der Waals surface area contributed by atoms with E-state index in [2.05, 4.69) is 20.8 Å². The molecule has 108 valence electrons. The van der Waals surface area contributed by atoms with Crippen LogP contribution >= 0.6 is 12.4 Å². The number of para-hydroxylation sites is 1. The molecule has 0 saturated heterocycles. The van der Waals surface area contributed by atoms with Crippen LogP contribution in [0.4, 0.5) is 0 Å². The molecule has 0 saturated carbocycles. The van der Waals surface area contributed by atoms with Crippen LogP contribution < -0.4 is 10.6 Å². The molecule has 1 aromatic carbocycles. The van der Waals surface area contributed by atoms with Crippen molar-refractivity contribution in [1.29, 1.82) is 0 Å². The molecule has 0 aliphatic rings. The van der Waals surface area contributed by atoms with Gasteiger partial charge in [-0.3, -0.25) is 4.79 Å². The van der Waals surface area contributed by atoms with Gasteiger partial charge in [-0.15, -0.1) is 17.5 Å². The molecule has 0 aliphatic carbocycles. The minimum Gasteiger partial charge on any atom is -0.349 e. The van der Waals surface area contributed by atoms with E-state index in [-0.39, 0.29) is 24.4 Å². The van der Waals surface area contributed by atoms with E-state index >= 15 is 0 Å². The largest absolute Gasteiger partial charge is 0.349 e. The van der Waals surface area contributed by atoms with Crippen LogP contribution in [0.2, 0.25) is 0 Å². The van der Waals surface area contributed by atoms with E-state index in [1.54, 1.807) is 0 Å². The number of hydrogen-bond donors (Lipinski definition) is 2. The van der Waals surface area contributed by atoms with Crippen molar-refractivity contribution in [2.24, 2.45) is 0 Å². The normalized spacial score (nSPS) is 11.5. The van der Waals surface area contributed by atoms with Gasteiger partial charge in [-0.05, 0) is 26.1 Å². The molecule has 2 aromatic rings. The van der Waals surface area contributed by atoms with Crippen molar-refractivity contribution >= 4 is 18.3 Å². The number of halogens is 1. The maximum absolute atomic E-state index is 11.9. The first-order valence-electron chi connectivity index (χ1n) is 6.14. The fraction of sp³-hybridized carbons (Fsp3) is 0.308. The lowest BCUT2D eigenvalue weighted by atomic mass is 10.3. The first kappa shape index (κ1) is 16.1. The van der Waals surface area contributed by atoms with Crippen LogP contribution in [0.1, 0.15) is 17.4 Å². The number of nitrogens with one attached hydrogen (secondary N) is 2. The highest BCUT2D eigenvalue weighted by Gasteiger charge is 2.11. The number of carbonyl (C=O) groups is 1. The van der Waals surface area contributed by atoms with Crippen LogP contribution in [-0.2, 0) is 0 Å². The topological polar surface area (TPSA) is 71.8 Å². The van der Waals surface area contributed by atoms with E-state index in [1.807, 2.05) is 44.3 Å². The predicted octanol–water partition coefficient (Wildman–Crippen LogP) is 1.03. The van der Waals surface area contributed by atoms with E-state index in [4.69, 9.17) is 0 Å². The highest BCUT2D eigenvalue weighted by Crippen LogP contribution is 2.04. The summed E-state index contributed by atoms with van der Waals surface area (Å²) in [6.07, 6.45) is 1.46. The summed E-state index contributed by atoms with van der Waals surface area (Å²) in [5, 5.41) is 14.1. The summed E-state index contributed by atoms with van der Waals surface area (Å²) in [6, 6.07) is 9.68. The van der Waals surface area contributed by atoms with E-state index in [0.29, 0.717) is 12.2 Å². The molecule has 2 rings (SSSR count). The van der Waals surface area contributed by atoms with Gasteiger partial charge in [0.1, 0.15) is 0 Å². The highest BCUT2D eigenvalue weighted by molar-refractivity contribution is 5.91. The summed E-state index contributed by atoms with van der Waals surface area (Å²) in [5.41, 5.74) is 1.14. The number of amides is 1. The molecule has 1 aromatic heterocycles. The number of likely N-dealkylation sites (N-methyl/N-ethyl adjacent to an activating group) is 1. The van der Waals surface area contributed by atoms with Crippen LogP contribution in [0.25, 0.3) is 5.69 Å². The van der Waals surface area contributed by atoms with E-state index in [0.717, 1.165) is 5.69 Å². The Balaban J connectivity index is 0.00000200. The molecule has 1 amide bonds. The van der Waals surface area contributed by atoms with Gasteiger partial charge in [0.2, 0.25) is 0 Å². The summed E-state index contributed by atoms with van der Waals surface area (Å²) < 4.78 is 0. The van der Waals surface area contributed by atoms with Crippen LogP contribution in [0.3, 0.4) is 0 Å². The molecule has 1 unspecified atom stereocenters. The number of carbonyl (C=O) groups excluding carboxylic acids is 1. The maximum Gasteiger partial charge on any atom is 0.273 e. The van der Waals surface area contributed by atoms with Crippen LogP contribution in [0.5, 0.6) is 0 Å². The van der Waals surface area contributed by atoms with Gasteiger partial charge in [0, 0.05) is 12.6 Å². The second-order valence-electron chi connectivity index (χ2n) is 4.25. The van der Waals surface area contributed by atoms with Gasteiger partial charge in [0.25, 0.3) is 5.91 Å². The Hall–Kier alpha value is -1.92. The van der Waals surface area contributed by atoms with Crippen molar-refractivity contribution in [1.82, 2.24) is 25.6 Å². The van der Waals surface area contributed by atoms with Gasteiger partial charge < -0.3 is 10.6 Å². The quantitative estimate of drug-likeness (QED) is 0.864. The Morgan fingerprint density at radius 2 is 2.05 bits per heavy atom. The molecule has 0 radical (unpaired) electrons. The average Bonchev–Trinajstić information content (AvgIpc) is 2.95. The van der Waals surface area contributed by atoms with E-state index in [9.17, 15) is 4.79 Å². The number of nitrogens with zero attached hydrogens (tertiary/aromatic N) is 3. The molecule has 20 heavy (non-hydrogen) atoms. The van der Waals surface area contributed by atoms with E-state index < -0.39 is 0 Å². The fourth-order valence-corrected chi connectivity index (χ4v) is 1.49. The summed E-state index contributed by atoms with van der Waals surface area (Å²) >= 11 is 0. The molecule has 7 heteroatoms. The molecule has 1 heterocycles. The Kier molecular flexibility index (Phi) is 6.14. The Morgan fingerprint density at radius 3 is 2.70 bits per heavy atom. The summed E-state index contributed by atoms with van der Waals surface area (Å²) in [5.74, 6) is -0.218. The van der Waals surface area contributed by atoms with Gasteiger partial charge in [-0.25, -0.2) is 0 Å². The molecular formula is C13H18ClN5O. The molecule has 0 aliphatic heterocycles. The Bertz CT molecular complexity index is 543. The lowest BCUT2D eigenvalue weighted by Gasteiger charge is -2.09. The lowest BCUT2D eigenvalue weighted by Crippen LogP contribution is -2.37. The zero-order valence-electron chi connectivity index (χ0n) is 11.4. The Morgan fingerprint density at radius 1 is 1.35 bits per heavy atom. The minimum atomic E-state index is -0.218. The van der Waals surface area contributed by atoms with Gasteiger partial charge in [-0.2, -0.15) is 9.90 Å². The summed E-state index contributed by atoms with van der Waals surface area (Å²) in [6.45, 7) is 2.54. The molecule has 0 spiro atoms. The van der Waals surface area contributed by atoms with Crippen molar-refractivity contribution in [2.75, 3.05) is 13.6 Å². The van der Waals surface area contributed by atoms with Crippen molar-refractivity contribution < 1.29 is 4.79 Å². The van der Waals surface area contributed by atoms with Crippen molar-refractivity contribution in [3.8, 4) is 5.69 Å². The van der Waals surface area contributed by atoms with Gasteiger partial charge >= 0.3 is 0 Å². The maximum atomic E-state index is 11.9. The Labute approximate surface area is 124 Å². The first-order valence-corrected chi connectivity index (χ1v) is 6.14. The van der Waals surface area contributed by atoms with Crippen molar-refractivity contribution in [3.63, 3.8) is 0 Å². The third-order valence-electron chi connectivity index (χ3n) is 2.77. The van der Waals surface area contributed by atoms with Crippen molar-refractivity contribution in [3.05, 3.63) is 42.2 Å². The predicted molar refractivity (Wildman–Crippen MR) is 79.5 cm³/mol. The minimum absolute atomic E-state index is 0. The first-order chi connectivity index (χ1) is 9.20. The van der Waals surface area contributed by atoms with Gasteiger partial charge in [0.05, 0.1) is 11.9 Å². The number of benzene rings is 1. The van der Waals surface area contributed by atoms with Crippen molar-refractivity contribution in [2.45, 2.75) is 13.0 Å². The lowest BCUT2D eigenvalue weighted by molar-refractivity contribution is 0.0945. The molecule has 1 atom stereocenters. The second-order valence-corrected chi connectivity index (χ2v) is 4.25. The van der Waals surface area contributed by atoms with Crippen LogP contribution in [0, 0.1) is 0 Å². The average molecular weight is 296 g/mol. The summed E-state index contributed by atoms with van der Waals surface area (Å²) in [4.78, 5) is 13.3. The monoisotopic (exact) mass is 295 g/mol. The van der Waals surface area contributed by atoms with E-state index in [1.165, 1.54) is 11.0 Å². The fourth-order valence-electron chi connectivity index (χ4n) is 1.49. The molecule has 2 N–H and O–H groups in total. The third kappa shape index (κ3) is 4.04. The van der Waals surface area contributed by atoms with Crippen LogP contribution in [0.15, 0.2) is 36.5 Å². The SMILES string of the molecule is CNC(C)CNC(=O)c1cnn(-c2ccccc2)n1.Cl. The number of hydrogen-bond acceptors (Lipinski definition) is 4. The molecule has 0 fully saturated rings. The number of rotatable bonds is 5. The highest BCUT2D eigenvalue weighted by atomic mass is 35.5. The summed E-state index contributed by atoms with van der Waals surface area (Å²) in [7, 11) is 1.85. The molecule has 6 nitrogen and oxygen atoms in total. The zero-order valence-corrected chi connectivity index (χ0v) is 12.2. The zero-order chi connectivity index (χ0) is 13.7. The molecule has 0 bridgehead atoms. The standard InChI is InChI=1S/C13H17N5O.ClH/c1-10(14-2)8-15-13(19)12-9-16-18(17-12)11-6-4-3-5-7-11;/h3-7,9-10,14H,8H2,1-2H3,(H,15,19);1H. The third-order valence-corrected chi connectivity index (χ3v) is 2.77. The second kappa shape index (κ2) is 7.62. The smallest absolute Gasteiger partial charge is 0.273 e. The van der Waals surface area contributed by atoms with Gasteiger partial charge in [-0.1, -0.05) is 18.2 Å². The molecular weight excluding hydrogens is 278 g/mol.